The summed E-state index contributed by atoms with van der Waals surface area (Å²) in [5.74, 6) is 0.157. The standard InChI is InChI=1S/C20H19N5O3/c1-14-2-6-17(7-3-14)28-18-8-4-15(5-9-18)22-19(26)20(27)24-12-16(13-24)25-11-10-21-23-25/h2-11,16H,12-13H2,1H3,(H,22,26). The largest absolute Gasteiger partial charge is 0.457 e. The van der Waals surface area contributed by atoms with Gasteiger partial charge >= 0.3 is 11.8 Å². The highest BCUT2D eigenvalue weighted by molar-refractivity contribution is 6.39. The van der Waals surface area contributed by atoms with Crippen molar-refractivity contribution in [3.05, 3.63) is 66.5 Å². The van der Waals surface area contributed by atoms with Gasteiger partial charge in [0, 0.05) is 25.0 Å². The van der Waals surface area contributed by atoms with Gasteiger partial charge < -0.3 is 15.0 Å². The first-order valence-electron chi connectivity index (χ1n) is 8.89. The first kappa shape index (κ1) is 17.7. The molecule has 1 N–H and O–H groups in total. The minimum atomic E-state index is -0.663. The number of anilines is 1. The van der Waals surface area contributed by atoms with E-state index < -0.39 is 11.8 Å². The van der Waals surface area contributed by atoms with E-state index in [4.69, 9.17) is 4.74 Å². The van der Waals surface area contributed by atoms with Crippen LogP contribution in [0.5, 0.6) is 11.5 Å². The lowest BCUT2D eigenvalue weighted by molar-refractivity contribution is -0.147. The lowest BCUT2D eigenvalue weighted by Gasteiger charge is -2.38. The number of aryl methyl sites for hydroxylation is 1. The van der Waals surface area contributed by atoms with E-state index >= 15 is 0 Å². The van der Waals surface area contributed by atoms with Crippen molar-refractivity contribution < 1.29 is 14.3 Å². The molecule has 1 aromatic heterocycles. The van der Waals surface area contributed by atoms with Crippen LogP contribution in [0, 0.1) is 6.92 Å². The zero-order chi connectivity index (χ0) is 19.5. The van der Waals surface area contributed by atoms with Gasteiger partial charge in [0.2, 0.25) is 0 Å². The van der Waals surface area contributed by atoms with Gasteiger partial charge in [0.25, 0.3) is 0 Å². The molecule has 1 aliphatic heterocycles. The van der Waals surface area contributed by atoms with E-state index in [0.29, 0.717) is 24.5 Å². The molecule has 3 aromatic rings. The number of rotatable bonds is 4. The van der Waals surface area contributed by atoms with Gasteiger partial charge in [0.05, 0.1) is 12.2 Å². The van der Waals surface area contributed by atoms with Crippen LogP contribution in [0.1, 0.15) is 11.6 Å². The van der Waals surface area contributed by atoms with Crippen molar-refractivity contribution in [1.29, 1.82) is 0 Å². The van der Waals surface area contributed by atoms with E-state index in [9.17, 15) is 9.59 Å². The van der Waals surface area contributed by atoms with Crippen molar-refractivity contribution in [2.75, 3.05) is 18.4 Å². The number of hydrogen-bond acceptors (Lipinski definition) is 5. The average molecular weight is 377 g/mol. The Morgan fingerprint density at radius 2 is 1.68 bits per heavy atom. The van der Waals surface area contributed by atoms with Crippen LogP contribution in [0.2, 0.25) is 0 Å². The number of carbonyl (C=O) groups excluding carboxylic acids is 2. The topological polar surface area (TPSA) is 89.4 Å². The normalized spacial score (nSPS) is 13.7. The molecular weight excluding hydrogens is 358 g/mol. The number of aromatic nitrogens is 3. The van der Waals surface area contributed by atoms with Gasteiger partial charge in [-0.15, -0.1) is 5.10 Å². The summed E-state index contributed by atoms with van der Waals surface area (Å²) in [5, 5.41) is 10.3. The second kappa shape index (κ2) is 7.51. The summed E-state index contributed by atoms with van der Waals surface area (Å²) in [5.41, 5.74) is 1.69. The molecule has 0 saturated carbocycles. The highest BCUT2D eigenvalue weighted by Gasteiger charge is 2.35. The molecule has 0 radical (unpaired) electrons. The predicted octanol–water partition coefficient (Wildman–Crippen LogP) is 2.40. The van der Waals surface area contributed by atoms with Crippen LogP contribution < -0.4 is 10.1 Å². The minimum Gasteiger partial charge on any atom is -0.457 e. The van der Waals surface area contributed by atoms with Crippen molar-refractivity contribution in [2.45, 2.75) is 13.0 Å². The molecule has 0 spiro atoms. The molecule has 4 rings (SSSR count). The van der Waals surface area contributed by atoms with E-state index in [-0.39, 0.29) is 6.04 Å². The van der Waals surface area contributed by atoms with E-state index in [1.165, 1.54) is 4.90 Å². The molecule has 8 nitrogen and oxygen atoms in total. The van der Waals surface area contributed by atoms with Crippen molar-refractivity contribution in [3.63, 3.8) is 0 Å². The fourth-order valence-corrected chi connectivity index (χ4v) is 2.88. The number of benzene rings is 2. The van der Waals surface area contributed by atoms with Gasteiger partial charge in [0.1, 0.15) is 11.5 Å². The van der Waals surface area contributed by atoms with Crippen molar-refractivity contribution in [3.8, 4) is 11.5 Å². The van der Waals surface area contributed by atoms with Gasteiger partial charge in [-0.05, 0) is 43.3 Å². The molecule has 2 amide bonds. The molecule has 0 atom stereocenters. The smallest absolute Gasteiger partial charge is 0.313 e. The quantitative estimate of drug-likeness (QED) is 0.705. The van der Waals surface area contributed by atoms with E-state index in [1.807, 2.05) is 31.2 Å². The van der Waals surface area contributed by atoms with E-state index in [2.05, 4.69) is 15.6 Å². The third-order valence-corrected chi connectivity index (χ3v) is 4.53. The number of amides is 2. The molecule has 2 heterocycles. The molecule has 0 unspecified atom stereocenters. The molecule has 1 fully saturated rings. The van der Waals surface area contributed by atoms with Crippen molar-refractivity contribution >= 4 is 17.5 Å². The molecule has 28 heavy (non-hydrogen) atoms. The molecule has 0 aliphatic carbocycles. The number of carbonyl (C=O) groups is 2. The minimum absolute atomic E-state index is 0.0671. The van der Waals surface area contributed by atoms with Crippen LogP contribution in [0.25, 0.3) is 0 Å². The Kier molecular flexibility index (Phi) is 4.76. The number of nitrogens with zero attached hydrogens (tertiary/aromatic N) is 4. The highest BCUT2D eigenvalue weighted by Crippen LogP contribution is 2.24. The predicted molar refractivity (Wildman–Crippen MR) is 102 cm³/mol. The summed E-state index contributed by atoms with van der Waals surface area (Å²) in [6.45, 7) is 2.90. The third-order valence-electron chi connectivity index (χ3n) is 4.53. The zero-order valence-corrected chi connectivity index (χ0v) is 15.3. The Morgan fingerprint density at radius 3 is 2.29 bits per heavy atom. The van der Waals surface area contributed by atoms with Gasteiger partial charge in [-0.1, -0.05) is 22.9 Å². The summed E-state index contributed by atoms with van der Waals surface area (Å²) in [4.78, 5) is 25.9. The molecule has 142 valence electrons. The van der Waals surface area contributed by atoms with Gasteiger partial charge in [-0.25, -0.2) is 4.68 Å². The number of hydrogen-bond donors (Lipinski definition) is 1. The summed E-state index contributed by atoms with van der Waals surface area (Å²) < 4.78 is 7.44. The first-order valence-corrected chi connectivity index (χ1v) is 8.89. The van der Waals surface area contributed by atoms with Crippen LogP contribution in [0.3, 0.4) is 0 Å². The van der Waals surface area contributed by atoms with Crippen LogP contribution in [0.4, 0.5) is 5.69 Å². The summed E-state index contributed by atoms with van der Waals surface area (Å²) in [6.07, 6.45) is 3.33. The van der Waals surface area contributed by atoms with Gasteiger partial charge in [-0.2, -0.15) is 0 Å². The Morgan fingerprint density at radius 1 is 1.04 bits per heavy atom. The molecular formula is C20H19N5O3. The zero-order valence-electron chi connectivity index (χ0n) is 15.3. The second-order valence-corrected chi connectivity index (χ2v) is 6.64. The third kappa shape index (κ3) is 3.85. The molecule has 0 bridgehead atoms. The van der Waals surface area contributed by atoms with Crippen LogP contribution in [0.15, 0.2) is 60.9 Å². The second-order valence-electron chi connectivity index (χ2n) is 6.64. The van der Waals surface area contributed by atoms with Gasteiger partial charge in [0.15, 0.2) is 0 Å². The highest BCUT2D eigenvalue weighted by atomic mass is 16.5. The van der Waals surface area contributed by atoms with E-state index in [0.717, 1.165) is 11.3 Å². The average Bonchev–Trinajstić information content (AvgIpc) is 3.18. The number of ether oxygens (including phenoxy) is 1. The lowest BCUT2D eigenvalue weighted by Crippen LogP contribution is -2.54. The summed E-state index contributed by atoms with van der Waals surface area (Å²) in [6, 6.07) is 14.7. The maximum atomic E-state index is 12.2. The van der Waals surface area contributed by atoms with Crippen molar-refractivity contribution in [1.82, 2.24) is 19.9 Å². The van der Waals surface area contributed by atoms with Gasteiger partial charge in [-0.3, -0.25) is 9.59 Å². The Labute approximate surface area is 161 Å². The Balaban J connectivity index is 1.29. The maximum Gasteiger partial charge on any atom is 0.313 e. The maximum absolute atomic E-state index is 12.2. The summed E-state index contributed by atoms with van der Waals surface area (Å²) >= 11 is 0. The fourth-order valence-electron chi connectivity index (χ4n) is 2.88. The van der Waals surface area contributed by atoms with E-state index in [1.54, 1.807) is 41.3 Å². The monoisotopic (exact) mass is 377 g/mol. The number of likely N-dealkylation sites (tertiary alicyclic amines) is 1. The first-order chi connectivity index (χ1) is 13.6. The molecule has 2 aromatic carbocycles. The fraction of sp³-hybridized carbons (Fsp3) is 0.200. The van der Waals surface area contributed by atoms with Crippen molar-refractivity contribution in [2.24, 2.45) is 0 Å². The lowest BCUT2D eigenvalue weighted by atomic mass is 10.1. The SMILES string of the molecule is Cc1ccc(Oc2ccc(NC(=O)C(=O)N3CC(n4ccnn4)C3)cc2)cc1. The Hall–Kier alpha value is -3.68. The van der Waals surface area contributed by atoms with Crippen LogP contribution in [-0.4, -0.2) is 44.8 Å². The molecule has 1 aliphatic rings. The number of nitrogens with one attached hydrogen (secondary N) is 1. The Bertz CT molecular complexity index is 962. The van der Waals surface area contributed by atoms with Crippen LogP contribution in [-0.2, 0) is 9.59 Å². The molecule has 8 heteroatoms. The molecule has 1 saturated heterocycles. The summed E-state index contributed by atoms with van der Waals surface area (Å²) in [7, 11) is 0. The van der Waals surface area contributed by atoms with Crippen LogP contribution >= 0.6 is 0 Å².